The summed E-state index contributed by atoms with van der Waals surface area (Å²) >= 11 is 0. The maximum absolute atomic E-state index is 11.9. The van der Waals surface area contributed by atoms with Gasteiger partial charge in [0.15, 0.2) is 5.79 Å². The fourth-order valence-electron chi connectivity index (χ4n) is 3.54. The molecule has 1 heterocycles. The summed E-state index contributed by atoms with van der Waals surface area (Å²) in [6, 6.07) is 0. The Balaban J connectivity index is 2.42. The predicted molar refractivity (Wildman–Crippen MR) is 101 cm³/mol. The summed E-state index contributed by atoms with van der Waals surface area (Å²) in [6.45, 7) is 11.1. The lowest BCUT2D eigenvalue weighted by Gasteiger charge is -2.30. The molecule has 1 saturated heterocycles. The highest BCUT2D eigenvalue weighted by Crippen LogP contribution is 2.39. The quantitative estimate of drug-likeness (QED) is 0.317. The molecule has 0 aromatic rings. The lowest BCUT2D eigenvalue weighted by Crippen LogP contribution is -2.35. The SMILES string of the molecule is CCCCCCCCC[C@]1(CCC(C)C(=O)OCC)COC(C)(C)O1. The van der Waals surface area contributed by atoms with Gasteiger partial charge < -0.3 is 14.2 Å². The van der Waals surface area contributed by atoms with Crippen LogP contribution < -0.4 is 0 Å². The van der Waals surface area contributed by atoms with Crippen molar-refractivity contribution < 1.29 is 19.0 Å². The Hall–Kier alpha value is -0.610. The molecule has 0 aromatic carbocycles. The molecule has 0 saturated carbocycles. The van der Waals surface area contributed by atoms with Gasteiger partial charge in [-0.1, -0.05) is 58.8 Å². The molecule has 0 radical (unpaired) electrons. The van der Waals surface area contributed by atoms with Gasteiger partial charge in [-0.05, 0) is 40.0 Å². The minimum absolute atomic E-state index is 0.0850. The fourth-order valence-corrected chi connectivity index (χ4v) is 3.54. The molecule has 4 nitrogen and oxygen atoms in total. The average Bonchev–Trinajstić information content (AvgIpc) is 2.87. The monoisotopic (exact) mass is 356 g/mol. The maximum atomic E-state index is 11.9. The Kier molecular flexibility index (Phi) is 10.0. The highest BCUT2D eigenvalue weighted by molar-refractivity contribution is 5.71. The first-order chi connectivity index (χ1) is 11.8. The molecule has 1 unspecified atom stereocenters. The number of ether oxygens (including phenoxy) is 3. The smallest absolute Gasteiger partial charge is 0.308 e. The van der Waals surface area contributed by atoms with Gasteiger partial charge in [0.05, 0.1) is 24.7 Å². The van der Waals surface area contributed by atoms with Gasteiger partial charge in [0.25, 0.3) is 0 Å². The van der Waals surface area contributed by atoms with Crippen LogP contribution in [0.2, 0.25) is 0 Å². The predicted octanol–water partition coefficient (Wildman–Crippen LogP) is 5.63. The van der Waals surface area contributed by atoms with Crippen molar-refractivity contribution in [1.29, 1.82) is 0 Å². The molecule has 0 aromatic heterocycles. The summed E-state index contributed by atoms with van der Waals surface area (Å²) in [4.78, 5) is 11.9. The van der Waals surface area contributed by atoms with Crippen molar-refractivity contribution in [2.45, 2.75) is 110 Å². The molecule has 1 aliphatic heterocycles. The number of esters is 1. The van der Waals surface area contributed by atoms with Gasteiger partial charge >= 0.3 is 5.97 Å². The number of rotatable bonds is 13. The Labute approximate surface area is 155 Å². The standard InChI is InChI=1S/C21H40O4/c1-6-8-9-10-11-12-13-15-21(17-24-20(4,5)25-21)16-14-18(3)19(22)23-7-2/h18H,6-17H2,1-5H3/t18?,21-/m0/s1. The lowest BCUT2D eigenvalue weighted by atomic mass is 9.88. The second kappa shape index (κ2) is 11.2. The van der Waals surface area contributed by atoms with Crippen LogP contribution in [0.15, 0.2) is 0 Å². The van der Waals surface area contributed by atoms with Crippen molar-refractivity contribution in [3.8, 4) is 0 Å². The van der Waals surface area contributed by atoms with E-state index in [2.05, 4.69) is 6.92 Å². The molecule has 148 valence electrons. The number of carbonyl (C=O) groups is 1. The third-order valence-electron chi connectivity index (χ3n) is 5.10. The lowest BCUT2D eigenvalue weighted by molar-refractivity contribution is -0.165. The minimum Gasteiger partial charge on any atom is -0.466 e. The number of hydrogen-bond donors (Lipinski definition) is 0. The summed E-state index contributed by atoms with van der Waals surface area (Å²) < 4.78 is 17.3. The van der Waals surface area contributed by atoms with Crippen LogP contribution in [-0.2, 0) is 19.0 Å². The largest absolute Gasteiger partial charge is 0.466 e. The zero-order chi connectivity index (χ0) is 18.8. The van der Waals surface area contributed by atoms with E-state index < -0.39 is 5.79 Å². The van der Waals surface area contributed by atoms with Crippen LogP contribution in [0, 0.1) is 5.92 Å². The van der Waals surface area contributed by atoms with E-state index in [1.54, 1.807) is 0 Å². The average molecular weight is 357 g/mol. The second-order valence-electron chi connectivity index (χ2n) is 8.04. The molecular weight excluding hydrogens is 316 g/mol. The van der Waals surface area contributed by atoms with Crippen LogP contribution in [0.1, 0.15) is 98.8 Å². The van der Waals surface area contributed by atoms with Gasteiger partial charge in [0.2, 0.25) is 0 Å². The van der Waals surface area contributed by atoms with E-state index in [4.69, 9.17) is 14.2 Å². The first kappa shape index (κ1) is 22.4. The molecule has 25 heavy (non-hydrogen) atoms. The van der Waals surface area contributed by atoms with Crippen LogP contribution in [0.5, 0.6) is 0 Å². The van der Waals surface area contributed by atoms with Gasteiger partial charge in [-0.15, -0.1) is 0 Å². The molecule has 2 atom stereocenters. The summed E-state index contributed by atoms with van der Waals surface area (Å²) in [5.74, 6) is -0.709. The van der Waals surface area contributed by atoms with E-state index in [0.717, 1.165) is 19.3 Å². The highest BCUT2D eigenvalue weighted by Gasteiger charge is 2.44. The van der Waals surface area contributed by atoms with E-state index in [-0.39, 0.29) is 17.5 Å². The number of hydrogen-bond acceptors (Lipinski definition) is 4. The Morgan fingerprint density at radius 1 is 1.04 bits per heavy atom. The van der Waals surface area contributed by atoms with Gasteiger partial charge in [-0.2, -0.15) is 0 Å². The third-order valence-corrected chi connectivity index (χ3v) is 5.10. The van der Waals surface area contributed by atoms with E-state index >= 15 is 0 Å². The molecule has 0 amide bonds. The van der Waals surface area contributed by atoms with Crippen molar-refractivity contribution in [3.63, 3.8) is 0 Å². The summed E-state index contributed by atoms with van der Waals surface area (Å²) in [6.07, 6.45) is 11.7. The van der Waals surface area contributed by atoms with E-state index in [1.165, 1.54) is 44.9 Å². The third kappa shape index (κ3) is 8.54. The molecule has 1 rings (SSSR count). The number of unbranched alkanes of at least 4 members (excludes halogenated alkanes) is 6. The first-order valence-electron chi connectivity index (χ1n) is 10.3. The normalized spacial score (nSPS) is 23.6. The molecule has 0 N–H and O–H groups in total. The topological polar surface area (TPSA) is 44.8 Å². The zero-order valence-electron chi connectivity index (χ0n) is 17.2. The van der Waals surface area contributed by atoms with Crippen molar-refractivity contribution >= 4 is 5.97 Å². The Morgan fingerprint density at radius 2 is 1.68 bits per heavy atom. The van der Waals surface area contributed by atoms with Gasteiger partial charge in [-0.3, -0.25) is 4.79 Å². The number of carbonyl (C=O) groups excluding carboxylic acids is 1. The van der Waals surface area contributed by atoms with Crippen molar-refractivity contribution in [3.05, 3.63) is 0 Å². The molecule has 0 spiro atoms. The van der Waals surface area contributed by atoms with E-state index in [1.807, 2.05) is 27.7 Å². The second-order valence-corrected chi connectivity index (χ2v) is 8.04. The van der Waals surface area contributed by atoms with Crippen molar-refractivity contribution in [2.24, 2.45) is 5.92 Å². The Bertz CT molecular complexity index is 380. The van der Waals surface area contributed by atoms with E-state index in [9.17, 15) is 4.79 Å². The van der Waals surface area contributed by atoms with Crippen LogP contribution in [-0.4, -0.2) is 30.6 Å². The van der Waals surface area contributed by atoms with Crippen LogP contribution in [0.3, 0.4) is 0 Å². The molecule has 4 heteroatoms. The molecule has 0 aliphatic carbocycles. The minimum atomic E-state index is -0.520. The summed E-state index contributed by atoms with van der Waals surface area (Å²) in [5, 5.41) is 0. The maximum Gasteiger partial charge on any atom is 0.308 e. The molecule has 1 fully saturated rings. The van der Waals surface area contributed by atoms with Crippen molar-refractivity contribution in [1.82, 2.24) is 0 Å². The van der Waals surface area contributed by atoms with Gasteiger partial charge in [0, 0.05) is 0 Å². The molecular formula is C21H40O4. The summed E-state index contributed by atoms with van der Waals surface area (Å²) in [5.41, 5.74) is -0.242. The first-order valence-corrected chi connectivity index (χ1v) is 10.3. The highest BCUT2D eigenvalue weighted by atomic mass is 16.8. The van der Waals surface area contributed by atoms with Crippen LogP contribution in [0.25, 0.3) is 0 Å². The Morgan fingerprint density at radius 3 is 2.24 bits per heavy atom. The fraction of sp³-hybridized carbons (Fsp3) is 0.952. The van der Waals surface area contributed by atoms with Crippen LogP contribution in [0.4, 0.5) is 0 Å². The van der Waals surface area contributed by atoms with Gasteiger partial charge in [-0.25, -0.2) is 0 Å². The van der Waals surface area contributed by atoms with Gasteiger partial charge in [0.1, 0.15) is 0 Å². The summed E-state index contributed by atoms with van der Waals surface area (Å²) in [7, 11) is 0. The zero-order valence-corrected chi connectivity index (χ0v) is 17.2. The van der Waals surface area contributed by atoms with Crippen LogP contribution >= 0.6 is 0 Å². The molecule has 1 aliphatic rings. The van der Waals surface area contributed by atoms with Crippen molar-refractivity contribution in [2.75, 3.05) is 13.2 Å². The molecule has 0 bridgehead atoms. The van der Waals surface area contributed by atoms with E-state index in [0.29, 0.717) is 13.2 Å².